The fourth-order valence-electron chi connectivity index (χ4n) is 1.31. The fourth-order valence-corrected chi connectivity index (χ4v) is 1.31. The Bertz CT molecular complexity index is 476. The molecule has 1 N–H and O–H groups in total. The molecule has 0 aliphatic heterocycles. The second kappa shape index (κ2) is 4.81. The second-order valence-corrected chi connectivity index (χ2v) is 3.28. The number of carbonyl (C=O) groups is 1. The number of aryl methyl sites for hydroxylation is 1. The van der Waals surface area contributed by atoms with Gasteiger partial charge in [0.1, 0.15) is 11.4 Å². The summed E-state index contributed by atoms with van der Waals surface area (Å²) in [6, 6.07) is 0.909. The zero-order chi connectivity index (χ0) is 13.2. The molecule has 92 valence electrons. The first kappa shape index (κ1) is 12.9. The summed E-state index contributed by atoms with van der Waals surface area (Å²) in [5.74, 6) is -1.37. The summed E-state index contributed by atoms with van der Waals surface area (Å²) in [5.41, 5.74) is -1.70. The van der Waals surface area contributed by atoms with Crippen molar-refractivity contribution >= 4 is 11.7 Å². The lowest BCUT2D eigenvalue weighted by Gasteiger charge is -2.06. The Kier molecular flexibility index (Phi) is 3.66. The lowest BCUT2D eigenvalue weighted by molar-refractivity contribution is -0.386. The minimum absolute atomic E-state index is 0.0409. The highest BCUT2D eigenvalue weighted by atomic mass is 19.3. The van der Waals surface area contributed by atoms with Gasteiger partial charge in [0.05, 0.1) is 11.3 Å². The molecule has 0 amide bonds. The molecule has 1 aromatic rings. The molecular formula is C9H8F2N2O4. The Hall–Kier alpha value is -2.12. The molecule has 17 heavy (non-hydrogen) atoms. The maximum atomic E-state index is 12.5. The molecular weight excluding hydrogens is 238 g/mol. The van der Waals surface area contributed by atoms with Gasteiger partial charge in [-0.1, -0.05) is 0 Å². The van der Waals surface area contributed by atoms with Crippen molar-refractivity contribution < 1.29 is 23.6 Å². The van der Waals surface area contributed by atoms with E-state index in [2.05, 4.69) is 4.98 Å². The molecule has 0 unspecified atom stereocenters. The van der Waals surface area contributed by atoms with Crippen molar-refractivity contribution in [2.45, 2.75) is 19.8 Å². The number of aliphatic carboxylic acids is 1. The molecule has 0 aromatic carbocycles. The Balaban J connectivity index is 3.36. The maximum Gasteiger partial charge on any atom is 0.309 e. The molecule has 8 heteroatoms. The van der Waals surface area contributed by atoms with E-state index < -0.39 is 40.8 Å². The van der Waals surface area contributed by atoms with Crippen LogP contribution in [0.5, 0.6) is 0 Å². The molecule has 0 aliphatic carbocycles. The van der Waals surface area contributed by atoms with E-state index in [1.807, 2.05) is 0 Å². The summed E-state index contributed by atoms with van der Waals surface area (Å²) < 4.78 is 25.0. The zero-order valence-electron chi connectivity index (χ0n) is 8.68. The topological polar surface area (TPSA) is 93.3 Å². The summed E-state index contributed by atoms with van der Waals surface area (Å²) >= 11 is 0. The molecule has 0 atom stereocenters. The Labute approximate surface area is 94.1 Å². The van der Waals surface area contributed by atoms with Crippen LogP contribution in [-0.2, 0) is 11.2 Å². The quantitative estimate of drug-likeness (QED) is 0.646. The Morgan fingerprint density at radius 2 is 2.24 bits per heavy atom. The minimum atomic E-state index is -2.90. The number of nitrogens with zero attached hydrogens (tertiary/aromatic N) is 2. The number of pyridine rings is 1. The van der Waals surface area contributed by atoms with Crippen LogP contribution in [0.3, 0.4) is 0 Å². The van der Waals surface area contributed by atoms with Gasteiger partial charge in [0.2, 0.25) is 0 Å². The first-order valence-electron chi connectivity index (χ1n) is 4.47. The van der Waals surface area contributed by atoms with E-state index in [-0.39, 0.29) is 5.56 Å². The van der Waals surface area contributed by atoms with E-state index in [9.17, 15) is 23.7 Å². The summed E-state index contributed by atoms with van der Waals surface area (Å²) in [7, 11) is 0. The monoisotopic (exact) mass is 246 g/mol. The average Bonchev–Trinajstić information content (AvgIpc) is 2.18. The predicted molar refractivity (Wildman–Crippen MR) is 51.9 cm³/mol. The van der Waals surface area contributed by atoms with Crippen LogP contribution in [0, 0.1) is 17.0 Å². The van der Waals surface area contributed by atoms with E-state index >= 15 is 0 Å². The summed E-state index contributed by atoms with van der Waals surface area (Å²) in [4.78, 5) is 23.6. The minimum Gasteiger partial charge on any atom is -0.481 e. The maximum absolute atomic E-state index is 12.5. The summed E-state index contributed by atoms with van der Waals surface area (Å²) in [5, 5.41) is 19.1. The van der Waals surface area contributed by atoms with E-state index in [1.165, 1.54) is 6.92 Å². The van der Waals surface area contributed by atoms with Gasteiger partial charge in [-0.2, -0.15) is 0 Å². The summed E-state index contributed by atoms with van der Waals surface area (Å²) in [6.07, 6.45) is -3.67. The number of alkyl halides is 2. The van der Waals surface area contributed by atoms with Crippen LogP contribution in [0.15, 0.2) is 6.07 Å². The van der Waals surface area contributed by atoms with Gasteiger partial charge in [-0.25, -0.2) is 13.8 Å². The number of rotatable bonds is 4. The van der Waals surface area contributed by atoms with Gasteiger partial charge >= 0.3 is 5.97 Å². The molecule has 1 aromatic heterocycles. The zero-order valence-corrected chi connectivity index (χ0v) is 8.68. The molecule has 0 saturated carbocycles. The van der Waals surface area contributed by atoms with Gasteiger partial charge < -0.3 is 5.11 Å². The summed E-state index contributed by atoms with van der Waals surface area (Å²) in [6.45, 7) is 1.26. The lowest BCUT2D eigenvalue weighted by atomic mass is 10.1. The standard InChI is InChI=1S/C9H8F2N2O4/c1-4-2-6(13(16)17)5(3-7(14)15)12-8(4)9(10)11/h2,9H,3H2,1H3,(H,14,15). The van der Waals surface area contributed by atoms with Gasteiger partial charge in [-0.3, -0.25) is 14.9 Å². The molecule has 1 rings (SSSR count). The van der Waals surface area contributed by atoms with Crippen molar-refractivity contribution in [1.29, 1.82) is 0 Å². The number of halogens is 2. The molecule has 6 nitrogen and oxygen atoms in total. The molecule has 1 heterocycles. The average molecular weight is 246 g/mol. The van der Waals surface area contributed by atoms with Crippen LogP contribution in [0.2, 0.25) is 0 Å². The van der Waals surface area contributed by atoms with Crippen molar-refractivity contribution in [3.63, 3.8) is 0 Å². The highest BCUT2D eigenvalue weighted by Gasteiger charge is 2.23. The molecule has 0 saturated heterocycles. The third-order valence-electron chi connectivity index (χ3n) is 2.03. The number of hydrogen-bond donors (Lipinski definition) is 1. The Morgan fingerprint density at radius 3 is 2.65 bits per heavy atom. The molecule has 0 aliphatic rings. The second-order valence-electron chi connectivity index (χ2n) is 3.28. The van der Waals surface area contributed by atoms with Crippen LogP contribution in [0.25, 0.3) is 0 Å². The highest BCUT2D eigenvalue weighted by Crippen LogP contribution is 2.26. The van der Waals surface area contributed by atoms with E-state index in [0.717, 1.165) is 6.07 Å². The van der Waals surface area contributed by atoms with E-state index in [0.29, 0.717) is 0 Å². The SMILES string of the molecule is Cc1cc([N+](=O)[O-])c(CC(=O)O)nc1C(F)F. The normalized spacial score (nSPS) is 10.6. The van der Waals surface area contributed by atoms with Crippen LogP contribution in [0.1, 0.15) is 23.4 Å². The van der Waals surface area contributed by atoms with Gasteiger partial charge in [-0.15, -0.1) is 0 Å². The third kappa shape index (κ3) is 2.92. The number of nitro groups is 1. The first-order chi connectivity index (χ1) is 7.82. The number of aromatic nitrogens is 1. The fraction of sp³-hybridized carbons (Fsp3) is 0.333. The van der Waals surface area contributed by atoms with Crippen molar-refractivity contribution in [1.82, 2.24) is 4.98 Å². The van der Waals surface area contributed by atoms with Crippen molar-refractivity contribution in [3.05, 3.63) is 33.1 Å². The van der Waals surface area contributed by atoms with E-state index in [4.69, 9.17) is 5.11 Å². The number of carboxylic acids is 1. The van der Waals surface area contributed by atoms with Crippen LogP contribution in [0.4, 0.5) is 14.5 Å². The van der Waals surface area contributed by atoms with Gasteiger partial charge in [0.15, 0.2) is 0 Å². The van der Waals surface area contributed by atoms with Crippen molar-refractivity contribution in [2.24, 2.45) is 0 Å². The van der Waals surface area contributed by atoms with Gasteiger partial charge in [0, 0.05) is 6.07 Å². The molecule has 0 bridgehead atoms. The van der Waals surface area contributed by atoms with Crippen molar-refractivity contribution in [3.8, 4) is 0 Å². The van der Waals surface area contributed by atoms with Crippen LogP contribution >= 0.6 is 0 Å². The van der Waals surface area contributed by atoms with Gasteiger partial charge in [-0.05, 0) is 12.5 Å². The van der Waals surface area contributed by atoms with Crippen LogP contribution < -0.4 is 0 Å². The Morgan fingerprint density at radius 1 is 1.65 bits per heavy atom. The number of carboxylic acid groups (broad SMARTS) is 1. The number of hydrogen-bond acceptors (Lipinski definition) is 4. The lowest BCUT2D eigenvalue weighted by Crippen LogP contribution is -2.09. The molecule has 0 radical (unpaired) electrons. The van der Waals surface area contributed by atoms with E-state index in [1.54, 1.807) is 0 Å². The van der Waals surface area contributed by atoms with Crippen molar-refractivity contribution in [2.75, 3.05) is 0 Å². The van der Waals surface area contributed by atoms with Gasteiger partial charge in [0.25, 0.3) is 12.1 Å². The third-order valence-corrected chi connectivity index (χ3v) is 2.03. The van der Waals surface area contributed by atoms with Crippen LogP contribution in [-0.4, -0.2) is 21.0 Å². The smallest absolute Gasteiger partial charge is 0.309 e. The predicted octanol–water partition coefficient (Wildman–Crippen LogP) is 1.86. The largest absolute Gasteiger partial charge is 0.481 e. The molecule has 0 spiro atoms. The first-order valence-corrected chi connectivity index (χ1v) is 4.47. The molecule has 0 fully saturated rings. The highest BCUT2D eigenvalue weighted by molar-refractivity contribution is 5.71.